The third kappa shape index (κ3) is 3.63. The summed E-state index contributed by atoms with van der Waals surface area (Å²) in [4.78, 5) is 24.9. The monoisotopic (exact) mass is 430 g/mol. The van der Waals surface area contributed by atoms with Crippen LogP contribution >= 0.6 is 0 Å². The highest BCUT2D eigenvalue weighted by Gasteiger charge is 2.36. The van der Waals surface area contributed by atoms with Gasteiger partial charge in [-0.2, -0.15) is 10.5 Å². The lowest BCUT2D eigenvalue weighted by molar-refractivity contribution is -0.114. The van der Waals surface area contributed by atoms with Crippen LogP contribution in [0.4, 0.5) is 0 Å². The van der Waals surface area contributed by atoms with Crippen molar-refractivity contribution in [3.8, 4) is 12.1 Å². The van der Waals surface area contributed by atoms with Gasteiger partial charge in [-0.1, -0.05) is 24.3 Å². The van der Waals surface area contributed by atoms with Crippen molar-refractivity contribution in [2.45, 2.75) is 39.5 Å². The van der Waals surface area contributed by atoms with Gasteiger partial charge in [0.25, 0.3) is 0 Å². The zero-order valence-electron chi connectivity index (χ0n) is 18.1. The Morgan fingerprint density at radius 1 is 0.844 bits per heavy atom. The Morgan fingerprint density at radius 3 is 1.53 bits per heavy atom. The summed E-state index contributed by atoms with van der Waals surface area (Å²) < 4.78 is 10.9. The van der Waals surface area contributed by atoms with E-state index >= 15 is 0 Å². The van der Waals surface area contributed by atoms with Crippen molar-refractivity contribution in [3.63, 3.8) is 0 Å². The molecule has 0 radical (unpaired) electrons. The van der Waals surface area contributed by atoms with Crippen molar-refractivity contribution in [3.05, 3.63) is 81.0 Å². The molecule has 0 aliphatic carbocycles. The fourth-order valence-electron chi connectivity index (χ4n) is 4.26. The zero-order valence-corrected chi connectivity index (χ0v) is 18.1. The van der Waals surface area contributed by atoms with E-state index in [-0.39, 0.29) is 34.5 Å². The molecule has 2 aliphatic heterocycles. The van der Waals surface area contributed by atoms with E-state index in [0.717, 1.165) is 0 Å². The minimum absolute atomic E-state index is 0.0708. The second-order valence-corrected chi connectivity index (χ2v) is 7.57. The molecule has 0 saturated carbocycles. The molecule has 2 aliphatic rings. The van der Waals surface area contributed by atoms with Crippen molar-refractivity contribution >= 4 is 11.6 Å². The summed E-state index contributed by atoms with van der Waals surface area (Å²) in [7, 11) is 0. The molecule has 8 heteroatoms. The van der Waals surface area contributed by atoms with Gasteiger partial charge in [-0.3, -0.25) is 9.59 Å². The maximum absolute atomic E-state index is 12.4. The molecule has 0 amide bonds. The molecule has 1 aromatic rings. The first kappa shape index (κ1) is 22.4. The van der Waals surface area contributed by atoms with Gasteiger partial charge in [0.1, 0.15) is 34.8 Å². The number of ketones is 2. The molecule has 4 N–H and O–H groups in total. The number of nitrogens with two attached hydrogens (primary N) is 2. The average Bonchev–Trinajstić information content (AvgIpc) is 2.72. The van der Waals surface area contributed by atoms with E-state index in [1.807, 2.05) is 12.1 Å². The molecule has 0 aromatic heterocycles. The van der Waals surface area contributed by atoms with E-state index in [9.17, 15) is 20.1 Å². The van der Waals surface area contributed by atoms with Crippen LogP contribution in [0.1, 0.15) is 50.7 Å². The highest BCUT2D eigenvalue weighted by Crippen LogP contribution is 2.43. The molecular formula is C24H22N4O4. The van der Waals surface area contributed by atoms with Crippen molar-refractivity contribution in [1.82, 2.24) is 0 Å². The number of Topliss-reactive ketones (excluding diaryl/α,β-unsaturated/α-hetero) is 2. The maximum atomic E-state index is 12.4. The molecule has 162 valence electrons. The zero-order chi connectivity index (χ0) is 23.7. The lowest BCUT2D eigenvalue weighted by atomic mass is 9.77. The van der Waals surface area contributed by atoms with Crippen LogP contribution in [-0.4, -0.2) is 11.6 Å². The normalized spacial score (nSPS) is 20.9. The second kappa shape index (κ2) is 8.44. The number of nitrogens with zero attached hydrogens (tertiary/aromatic N) is 2. The molecule has 0 bridgehead atoms. The summed E-state index contributed by atoms with van der Waals surface area (Å²) in [6.07, 6.45) is 0. The summed E-state index contributed by atoms with van der Waals surface area (Å²) in [6, 6.07) is 11.1. The fraction of sp³-hybridized carbons (Fsp3) is 0.250. The molecule has 2 heterocycles. The van der Waals surface area contributed by atoms with Gasteiger partial charge < -0.3 is 20.9 Å². The number of hydrogen-bond donors (Lipinski definition) is 2. The number of carbonyl (C=O) groups excluding carboxylic acids is 2. The Hall–Kier alpha value is -4.30. The SMILES string of the molecule is CC(=O)C1=C(C)OC(N)=C(C#N)C1c1cccc(C2C(C#N)=C(N)OC(C)=C2C(C)=O)c1. The lowest BCUT2D eigenvalue weighted by Gasteiger charge is -2.29. The van der Waals surface area contributed by atoms with Crippen LogP contribution < -0.4 is 11.5 Å². The van der Waals surface area contributed by atoms with Crippen LogP contribution in [0.3, 0.4) is 0 Å². The first-order chi connectivity index (χ1) is 15.1. The number of nitriles is 2. The summed E-state index contributed by atoms with van der Waals surface area (Å²) in [6.45, 7) is 6.02. The van der Waals surface area contributed by atoms with Crippen LogP contribution in [0.5, 0.6) is 0 Å². The van der Waals surface area contributed by atoms with Crippen LogP contribution in [0, 0.1) is 22.7 Å². The molecule has 0 fully saturated rings. The molecule has 2 atom stereocenters. The minimum atomic E-state index is -0.747. The molecule has 3 rings (SSSR count). The van der Waals surface area contributed by atoms with Gasteiger partial charge in [-0.15, -0.1) is 0 Å². The van der Waals surface area contributed by atoms with Gasteiger partial charge in [-0.05, 0) is 38.8 Å². The highest BCUT2D eigenvalue weighted by molar-refractivity contribution is 5.97. The molecule has 0 spiro atoms. The van der Waals surface area contributed by atoms with E-state index in [1.165, 1.54) is 13.8 Å². The Bertz CT molecular complexity index is 1160. The Kier molecular flexibility index (Phi) is 5.91. The van der Waals surface area contributed by atoms with E-state index in [2.05, 4.69) is 0 Å². The largest absolute Gasteiger partial charge is 0.445 e. The summed E-state index contributed by atoms with van der Waals surface area (Å²) >= 11 is 0. The molecule has 1 aromatic carbocycles. The van der Waals surface area contributed by atoms with Gasteiger partial charge in [0.05, 0.1) is 11.8 Å². The molecular weight excluding hydrogens is 408 g/mol. The van der Waals surface area contributed by atoms with Crippen LogP contribution in [-0.2, 0) is 19.1 Å². The molecule has 0 saturated heterocycles. The van der Waals surface area contributed by atoms with Gasteiger partial charge >= 0.3 is 0 Å². The first-order valence-electron chi connectivity index (χ1n) is 9.80. The highest BCUT2D eigenvalue weighted by atomic mass is 16.5. The predicted molar refractivity (Wildman–Crippen MR) is 115 cm³/mol. The van der Waals surface area contributed by atoms with Crippen LogP contribution in [0.15, 0.2) is 69.8 Å². The van der Waals surface area contributed by atoms with E-state index < -0.39 is 11.8 Å². The van der Waals surface area contributed by atoms with Gasteiger partial charge in [0.2, 0.25) is 11.8 Å². The second-order valence-electron chi connectivity index (χ2n) is 7.57. The maximum Gasteiger partial charge on any atom is 0.205 e. The third-order valence-electron chi connectivity index (χ3n) is 5.55. The van der Waals surface area contributed by atoms with Crippen molar-refractivity contribution in [2.24, 2.45) is 11.5 Å². The van der Waals surface area contributed by atoms with Gasteiger partial charge in [-0.25, -0.2) is 0 Å². The number of hydrogen-bond acceptors (Lipinski definition) is 8. The molecule has 32 heavy (non-hydrogen) atoms. The number of benzene rings is 1. The summed E-state index contributed by atoms with van der Waals surface area (Å²) in [5.41, 5.74) is 13.9. The summed E-state index contributed by atoms with van der Waals surface area (Å²) in [5, 5.41) is 19.4. The van der Waals surface area contributed by atoms with E-state index in [0.29, 0.717) is 33.8 Å². The van der Waals surface area contributed by atoms with Crippen molar-refractivity contribution < 1.29 is 19.1 Å². The first-order valence-corrected chi connectivity index (χ1v) is 9.80. The Balaban J connectivity index is 2.25. The average molecular weight is 430 g/mol. The van der Waals surface area contributed by atoms with Crippen molar-refractivity contribution in [1.29, 1.82) is 10.5 Å². The van der Waals surface area contributed by atoms with Crippen LogP contribution in [0.25, 0.3) is 0 Å². The van der Waals surface area contributed by atoms with E-state index in [1.54, 1.807) is 38.1 Å². The van der Waals surface area contributed by atoms with E-state index in [4.69, 9.17) is 20.9 Å². The van der Waals surface area contributed by atoms with Gasteiger partial charge in [0.15, 0.2) is 11.6 Å². The third-order valence-corrected chi connectivity index (χ3v) is 5.55. The molecule has 2 unspecified atom stereocenters. The quantitative estimate of drug-likeness (QED) is 0.739. The topological polar surface area (TPSA) is 152 Å². The number of allylic oxidation sites excluding steroid dienone is 6. The number of ether oxygens (including phenoxy) is 2. The van der Waals surface area contributed by atoms with Crippen LogP contribution in [0.2, 0.25) is 0 Å². The standard InChI is InChI=1S/C24H22N4O4/c1-11(29)19-13(3)31-23(27)17(9-25)21(19)15-6-5-7-16(8-15)22-18(10-26)24(28)32-14(4)20(22)12(2)30/h5-8,21-22H,27-28H2,1-4H3. The molecule has 8 nitrogen and oxygen atoms in total. The number of rotatable bonds is 4. The van der Waals surface area contributed by atoms with Gasteiger partial charge in [0, 0.05) is 11.1 Å². The fourth-order valence-corrected chi connectivity index (χ4v) is 4.26. The predicted octanol–water partition coefficient (Wildman–Crippen LogP) is 3.03. The number of carbonyl (C=O) groups is 2. The smallest absolute Gasteiger partial charge is 0.205 e. The van der Waals surface area contributed by atoms with Crippen molar-refractivity contribution in [2.75, 3.05) is 0 Å². The Morgan fingerprint density at radius 2 is 1.22 bits per heavy atom. The summed E-state index contributed by atoms with van der Waals surface area (Å²) in [5.74, 6) is -1.52. The minimum Gasteiger partial charge on any atom is -0.445 e. The lowest BCUT2D eigenvalue weighted by Crippen LogP contribution is -2.25. The Labute approximate surface area is 185 Å².